The van der Waals surface area contributed by atoms with Gasteiger partial charge in [0.25, 0.3) is 0 Å². The van der Waals surface area contributed by atoms with Crippen LogP contribution in [-0.4, -0.2) is 5.78 Å². The van der Waals surface area contributed by atoms with E-state index in [0.717, 1.165) is 19.3 Å². The summed E-state index contributed by atoms with van der Waals surface area (Å²) < 4.78 is 0. The van der Waals surface area contributed by atoms with Crippen LogP contribution in [-0.2, 0) is 4.79 Å². The van der Waals surface area contributed by atoms with Crippen molar-refractivity contribution in [3.8, 4) is 0 Å². The maximum absolute atomic E-state index is 12.4. The lowest BCUT2D eigenvalue weighted by atomic mass is 9.51. The second-order valence-electron chi connectivity index (χ2n) is 6.09. The molecule has 88 valence electrons. The Labute approximate surface area is 98.6 Å². The van der Waals surface area contributed by atoms with Gasteiger partial charge in [0.1, 0.15) is 5.78 Å². The molecule has 2 rings (SSSR count). The van der Waals surface area contributed by atoms with E-state index >= 15 is 0 Å². The molecule has 2 aliphatic rings. The number of fused-ring (bicyclic) bond motifs is 1. The highest BCUT2D eigenvalue weighted by Gasteiger charge is 2.52. The average Bonchev–Trinajstić information content (AvgIpc) is 2.22. The van der Waals surface area contributed by atoms with E-state index in [2.05, 4.69) is 32.6 Å². The molecule has 16 heavy (non-hydrogen) atoms. The molecular weight excluding hydrogens is 196 g/mol. The summed E-state index contributed by atoms with van der Waals surface area (Å²) in [5.41, 5.74) is 1.47. The Morgan fingerprint density at radius 1 is 1.44 bits per heavy atom. The smallest absolute Gasteiger partial charge is 0.143 e. The minimum atomic E-state index is 0.0815. The van der Waals surface area contributed by atoms with Crippen LogP contribution in [0.2, 0.25) is 0 Å². The first-order valence-electron chi connectivity index (χ1n) is 6.31. The molecule has 1 heteroatoms. The first-order valence-corrected chi connectivity index (χ1v) is 6.31. The molecule has 0 aromatic rings. The van der Waals surface area contributed by atoms with Gasteiger partial charge in [0.15, 0.2) is 0 Å². The van der Waals surface area contributed by atoms with Crippen LogP contribution in [0.3, 0.4) is 0 Å². The maximum Gasteiger partial charge on any atom is 0.143 e. The first kappa shape index (κ1) is 11.6. The van der Waals surface area contributed by atoms with Crippen LogP contribution in [0.4, 0.5) is 0 Å². The Hall–Kier alpha value is -0.850. The number of Topliss-reactive ketones (excluding diaryl/α,β-unsaturated/α-hetero) is 1. The van der Waals surface area contributed by atoms with Crippen LogP contribution in [0.25, 0.3) is 0 Å². The third-order valence-electron chi connectivity index (χ3n) is 4.33. The molecule has 3 atom stereocenters. The molecule has 0 aromatic carbocycles. The fraction of sp³-hybridized carbons (Fsp3) is 0.667. The molecule has 1 saturated carbocycles. The molecule has 0 aliphatic heterocycles. The molecule has 2 aliphatic carbocycles. The van der Waals surface area contributed by atoms with Gasteiger partial charge in [0.2, 0.25) is 0 Å². The van der Waals surface area contributed by atoms with Crippen molar-refractivity contribution in [1.29, 1.82) is 0 Å². The van der Waals surface area contributed by atoms with E-state index in [1.165, 1.54) is 5.57 Å². The van der Waals surface area contributed by atoms with Gasteiger partial charge in [-0.1, -0.05) is 45.1 Å². The summed E-state index contributed by atoms with van der Waals surface area (Å²) in [6.45, 7) is 10.6. The van der Waals surface area contributed by atoms with Gasteiger partial charge in [-0.25, -0.2) is 0 Å². The van der Waals surface area contributed by atoms with Gasteiger partial charge >= 0.3 is 0 Å². The lowest BCUT2D eigenvalue weighted by molar-refractivity contribution is -0.138. The van der Waals surface area contributed by atoms with Gasteiger partial charge in [0, 0.05) is 11.8 Å². The Bertz CT molecular complexity index is 348. The molecule has 0 aromatic heterocycles. The van der Waals surface area contributed by atoms with Crippen LogP contribution in [0.1, 0.15) is 40.0 Å². The van der Waals surface area contributed by atoms with E-state index in [-0.39, 0.29) is 17.3 Å². The van der Waals surface area contributed by atoms with Crippen molar-refractivity contribution >= 4 is 5.78 Å². The number of rotatable bonds is 0. The van der Waals surface area contributed by atoms with Crippen LogP contribution in [0, 0.1) is 23.2 Å². The number of hydrogen-bond acceptors (Lipinski definition) is 1. The molecule has 0 unspecified atom stereocenters. The van der Waals surface area contributed by atoms with Gasteiger partial charge in [-0.2, -0.15) is 0 Å². The topological polar surface area (TPSA) is 17.1 Å². The zero-order chi connectivity index (χ0) is 11.9. The maximum atomic E-state index is 12.4. The van der Waals surface area contributed by atoms with Crippen molar-refractivity contribution in [2.24, 2.45) is 23.2 Å². The molecule has 1 nitrogen and oxygen atoms in total. The number of carbonyl (C=O) groups is 1. The summed E-state index contributed by atoms with van der Waals surface area (Å²) in [5.74, 6) is 1.15. The van der Waals surface area contributed by atoms with Crippen LogP contribution >= 0.6 is 0 Å². The van der Waals surface area contributed by atoms with Crippen molar-refractivity contribution in [1.82, 2.24) is 0 Å². The third kappa shape index (κ3) is 1.77. The van der Waals surface area contributed by atoms with E-state index in [9.17, 15) is 4.79 Å². The Morgan fingerprint density at radius 3 is 2.75 bits per heavy atom. The van der Waals surface area contributed by atoms with E-state index in [4.69, 9.17) is 0 Å². The Balaban J connectivity index is 2.28. The van der Waals surface area contributed by atoms with Gasteiger partial charge < -0.3 is 0 Å². The van der Waals surface area contributed by atoms with Crippen molar-refractivity contribution < 1.29 is 4.79 Å². The molecule has 0 radical (unpaired) electrons. The van der Waals surface area contributed by atoms with Crippen LogP contribution in [0.5, 0.6) is 0 Å². The number of ketones is 1. The number of carbonyl (C=O) groups excluding carboxylic acids is 1. The third-order valence-corrected chi connectivity index (χ3v) is 4.33. The van der Waals surface area contributed by atoms with Crippen molar-refractivity contribution in [2.75, 3.05) is 0 Å². The SMILES string of the molecule is C=C1CC/C=C/[C@@H](C)C(=O)[C@H]2[C@@H]1CC2(C)C. The summed E-state index contributed by atoms with van der Waals surface area (Å²) >= 11 is 0. The standard InChI is InChI=1S/C15H22O/c1-10-7-5-6-8-11(2)14(16)13-12(10)9-15(13,3)4/h6,8,11-13H,1,5,7,9H2,2-4H3/b8-6+/t11-,12-,13-/m1/s1. The highest BCUT2D eigenvalue weighted by molar-refractivity contribution is 5.87. The summed E-state index contributed by atoms with van der Waals surface area (Å²) in [6.07, 6.45) is 7.45. The van der Waals surface area contributed by atoms with Gasteiger partial charge in [-0.15, -0.1) is 0 Å². The quantitative estimate of drug-likeness (QED) is 0.566. The summed E-state index contributed by atoms with van der Waals surface area (Å²) in [4.78, 5) is 12.4. The summed E-state index contributed by atoms with van der Waals surface area (Å²) in [7, 11) is 0. The predicted octanol–water partition coefficient (Wildman–Crippen LogP) is 3.76. The minimum absolute atomic E-state index is 0.0815. The normalized spacial score (nSPS) is 40.1. The molecule has 1 fully saturated rings. The average molecular weight is 218 g/mol. The van der Waals surface area contributed by atoms with Gasteiger partial charge in [-0.3, -0.25) is 4.79 Å². The zero-order valence-corrected chi connectivity index (χ0v) is 10.6. The molecule has 0 saturated heterocycles. The highest BCUT2D eigenvalue weighted by Crippen LogP contribution is 2.55. The largest absolute Gasteiger partial charge is 0.299 e. The van der Waals surface area contributed by atoms with E-state index in [1.807, 2.05) is 6.92 Å². The Morgan fingerprint density at radius 2 is 2.12 bits per heavy atom. The lowest BCUT2D eigenvalue weighted by Gasteiger charge is -2.52. The molecule has 0 bridgehead atoms. The lowest BCUT2D eigenvalue weighted by Crippen LogP contribution is -2.50. The van der Waals surface area contributed by atoms with Gasteiger partial charge in [-0.05, 0) is 30.6 Å². The summed E-state index contributed by atoms with van der Waals surface area (Å²) in [6, 6.07) is 0. The zero-order valence-electron chi connectivity index (χ0n) is 10.6. The predicted molar refractivity (Wildman–Crippen MR) is 67.1 cm³/mol. The van der Waals surface area contributed by atoms with E-state index in [1.54, 1.807) is 0 Å². The highest BCUT2D eigenvalue weighted by atomic mass is 16.1. The van der Waals surface area contributed by atoms with Gasteiger partial charge in [0.05, 0.1) is 0 Å². The Kier molecular flexibility index (Phi) is 2.81. The van der Waals surface area contributed by atoms with Crippen molar-refractivity contribution in [3.63, 3.8) is 0 Å². The van der Waals surface area contributed by atoms with Crippen molar-refractivity contribution in [3.05, 3.63) is 24.3 Å². The number of hydrogen-bond donors (Lipinski definition) is 0. The minimum Gasteiger partial charge on any atom is -0.299 e. The molecular formula is C15H22O. The monoisotopic (exact) mass is 218 g/mol. The second-order valence-corrected chi connectivity index (χ2v) is 6.09. The van der Waals surface area contributed by atoms with Crippen molar-refractivity contribution in [2.45, 2.75) is 40.0 Å². The van der Waals surface area contributed by atoms with Crippen LogP contribution in [0.15, 0.2) is 24.3 Å². The van der Waals surface area contributed by atoms with E-state index < -0.39 is 0 Å². The van der Waals surface area contributed by atoms with Crippen LogP contribution < -0.4 is 0 Å². The molecule has 0 N–H and O–H groups in total. The molecule has 0 heterocycles. The second kappa shape index (κ2) is 3.87. The fourth-order valence-electron chi connectivity index (χ4n) is 3.29. The van der Waals surface area contributed by atoms with E-state index in [0.29, 0.717) is 11.7 Å². The number of allylic oxidation sites excluding steroid dienone is 3. The molecule has 0 amide bonds. The summed E-state index contributed by atoms with van der Waals surface area (Å²) in [5, 5.41) is 0. The first-order chi connectivity index (χ1) is 7.43. The fourth-order valence-corrected chi connectivity index (χ4v) is 3.29. The molecule has 0 spiro atoms.